The van der Waals surface area contributed by atoms with Crippen LogP contribution in [0.25, 0.3) is 0 Å². The Bertz CT molecular complexity index is 438. The third-order valence-electron chi connectivity index (χ3n) is 4.41. The van der Waals surface area contributed by atoms with Crippen LogP contribution in [0.1, 0.15) is 24.0 Å². The lowest BCUT2D eigenvalue weighted by Gasteiger charge is -2.25. The highest BCUT2D eigenvalue weighted by Crippen LogP contribution is 2.46. The molecule has 2 N–H and O–H groups in total. The largest absolute Gasteiger partial charge is 0.342 e. The number of benzene rings is 1. The summed E-state index contributed by atoms with van der Waals surface area (Å²) in [5, 5.41) is 0. The maximum absolute atomic E-state index is 12.5. The molecule has 1 saturated carbocycles. The number of amides is 1. The molecule has 1 amide bonds. The smallest absolute Gasteiger partial charge is 0.230 e. The van der Waals surface area contributed by atoms with E-state index in [9.17, 15) is 4.79 Å². The van der Waals surface area contributed by atoms with E-state index in [4.69, 9.17) is 5.73 Å². The van der Waals surface area contributed by atoms with E-state index in [1.165, 1.54) is 11.1 Å². The second-order valence-corrected chi connectivity index (χ2v) is 5.55. The molecule has 1 heterocycles. The summed E-state index contributed by atoms with van der Waals surface area (Å²) in [6.45, 7) is 2.20. The van der Waals surface area contributed by atoms with Crippen molar-refractivity contribution in [3.63, 3.8) is 0 Å². The lowest BCUT2D eigenvalue weighted by molar-refractivity contribution is -0.136. The van der Waals surface area contributed by atoms with Crippen LogP contribution >= 0.6 is 0 Å². The van der Waals surface area contributed by atoms with E-state index < -0.39 is 0 Å². The quantitative estimate of drug-likeness (QED) is 0.853. The highest BCUT2D eigenvalue weighted by Gasteiger charge is 2.50. The standard InChI is InChI=1S/C15H20N2O/c16-11-15(7-8-15)14(18)17-9-5-12-3-1-2-4-13(12)6-10-17/h1-4H,5-11,16H2. The van der Waals surface area contributed by atoms with E-state index in [1.807, 2.05) is 4.90 Å². The van der Waals surface area contributed by atoms with Crippen molar-refractivity contribution in [2.45, 2.75) is 25.7 Å². The Balaban J connectivity index is 1.73. The van der Waals surface area contributed by atoms with E-state index in [0.29, 0.717) is 6.54 Å². The molecule has 0 aromatic heterocycles. The number of nitrogens with two attached hydrogens (primary N) is 1. The predicted octanol–water partition coefficient (Wildman–Crippen LogP) is 1.35. The fourth-order valence-electron chi connectivity index (χ4n) is 2.86. The van der Waals surface area contributed by atoms with Gasteiger partial charge in [0.25, 0.3) is 0 Å². The third kappa shape index (κ3) is 1.93. The molecular weight excluding hydrogens is 224 g/mol. The number of rotatable bonds is 2. The lowest BCUT2D eigenvalue weighted by Crippen LogP contribution is -2.41. The molecule has 0 spiro atoms. The van der Waals surface area contributed by atoms with Crippen molar-refractivity contribution in [3.8, 4) is 0 Å². The Labute approximate surface area is 108 Å². The summed E-state index contributed by atoms with van der Waals surface area (Å²) in [4.78, 5) is 14.5. The molecule has 96 valence electrons. The molecule has 0 saturated heterocycles. The number of hydrogen-bond acceptors (Lipinski definition) is 2. The molecular formula is C15H20N2O. The van der Waals surface area contributed by atoms with Gasteiger partial charge in [-0.05, 0) is 36.8 Å². The van der Waals surface area contributed by atoms with Crippen molar-refractivity contribution in [1.82, 2.24) is 4.90 Å². The van der Waals surface area contributed by atoms with Crippen LogP contribution < -0.4 is 5.73 Å². The Hall–Kier alpha value is -1.35. The van der Waals surface area contributed by atoms with Gasteiger partial charge < -0.3 is 10.6 Å². The van der Waals surface area contributed by atoms with Crippen LogP contribution in [0, 0.1) is 5.41 Å². The molecule has 0 radical (unpaired) electrons. The van der Waals surface area contributed by atoms with Crippen molar-refractivity contribution >= 4 is 5.91 Å². The average Bonchev–Trinajstić information content (AvgIpc) is 3.22. The van der Waals surface area contributed by atoms with Gasteiger partial charge in [-0.15, -0.1) is 0 Å². The van der Waals surface area contributed by atoms with Gasteiger partial charge in [0.2, 0.25) is 5.91 Å². The zero-order chi connectivity index (χ0) is 12.6. The first-order valence-electron chi connectivity index (χ1n) is 6.81. The fraction of sp³-hybridized carbons (Fsp3) is 0.533. The maximum Gasteiger partial charge on any atom is 0.230 e. The topological polar surface area (TPSA) is 46.3 Å². The van der Waals surface area contributed by atoms with Gasteiger partial charge in [0.15, 0.2) is 0 Å². The summed E-state index contributed by atoms with van der Waals surface area (Å²) in [6, 6.07) is 8.52. The van der Waals surface area contributed by atoms with Crippen molar-refractivity contribution in [1.29, 1.82) is 0 Å². The molecule has 3 rings (SSSR count). The molecule has 1 aliphatic heterocycles. The van der Waals surface area contributed by atoms with Crippen molar-refractivity contribution < 1.29 is 4.79 Å². The minimum Gasteiger partial charge on any atom is -0.342 e. The molecule has 3 nitrogen and oxygen atoms in total. The first-order valence-corrected chi connectivity index (χ1v) is 6.81. The Morgan fingerprint density at radius 2 is 1.72 bits per heavy atom. The molecule has 0 atom stereocenters. The number of carbonyl (C=O) groups is 1. The molecule has 1 aromatic carbocycles. The molecule has 2 aliphatic rings. The molecule has 18 heavy (non-hydrogen) atoms. The van der Waals surface area contributed by atoms with E-state index in [0.717, 1.165) is 38.8 Å². The number of fused-ring (bicyclic) bond motifs is 1. The summed E-state index contributed by atoms with van der Waals surface area (Å²) >= 11 is 0. The highest BCUT2D eigenvalue weighted by atomic mass is 16.2. The Morgan fingerprint density at radius 3 is 2.17 bits per heavy atom. The van der Waals surface area contributed by atoms with Crippen molar-refractivity contribution in [2.75, 3.05) is 19.6 Å². The van der Waals surface area contributed by atoms with Gasteiger partial charge in [0.05, 0.1) is 5.41 Å². The van der Waals surface area contributed by atoms with Gasteiger partial charge in [-0.3, -0.25) is 4.79 Å². The number of hydrogen-bond donors (Lipinski definition) is 1. The molecule has 3 heteroatoms. The lowest BCUT2D eigenvalue weighted by atomic mass is 10.0. The van der Waals surface area contributed by atoms with Crippen molar-refractivity contribution in [3.05, 3.63) is 35.4 Å². The fourth-order valence-corrected chi connectivity index (χ4v) is 2.86. The molecule has 1 fully saturated rings. The highest BCUT2D eigenvalue weighted by molar-refractivity contribution is 5.85. The second-order valence-electron chi connectivity index (χ2n) is 5.55. The minimum absolute atomic E-state index is 0.198. The molecule has 0 bridgehead atoms. The maximum atomic E-state index is 12.5. The summed E-state index contributed by atoms with van der Waals surface area (Å²) in [7, 11) is 0. The SMILES string of the molecule is NCC1(C(=O)N2CCc3ccccc3CC2)CC1. The minimum atomic E-state index is -0.198. The van der Waals surface area contributed by atoms with Gasteiger partial charge in [0.1, 0.15) is 0 Å². The monoisotopic (exact) mass is 244 g/mol. The van der Waals surface area contributed by atoms with Crippen LogP contribution in [-0.2, 0) is 17.6 Å². The van der Waals surface area contributed by atoms with E-state index >= 15 is 0 Å². The Morgan fingerprint density at radius 1 is 1.17 bits per heavy atom. The summed E-state index contributed by atoms with van der Waals surface area (Å²) in [6.07, 6.45) is 3.91. The third-order valence-corrected chi connectivity index (χ3v) is 4.41. The molecule has 0 unspecified atom stereocenters. The normalized spacial score (nSPS) is 21.1. The van der Waals surface area contributed by atoms with Crippen LogP contribution in [0.5, 0.6) is 0 Å². The number of carbonyl (C=O) groups excluding carboxylic acids is 1. The van der Waals surface area contributed by atoms with E-state index in [2.05, 4.69) is 24.3 Å². The summed E-state index contributed by atoms with van der Waals surface area (Å²) < 4.78 is 0. The molecule has 1 aliphatic carbocycles. The Kier molecular flexibility index (Phi) is 2.86. The second kappa shape index (κ2) is 4.39. The van der Waals surface area contributed by atoms with Gasteiger partial charge in [0, 0.05) is 19.6 Å². The van der Waals surface area contributed by atoms with E-state index in [1.54, 1.807) is 0 Å². The average molecular weight is 244 g/mol. The zero-order valence-corrected chi connectivity index (χ0v) is 10.7. The first kappa shape index (κ1) is 11.7. The van der Waals surface area contributed by atoms with Crippen LogP contribution in [0.2, 0.25) is 0 Å². The van der Waals surface area contributed by atoms with Gasteiger partial charge in [-0.25, -0.2) is 0 Å². The zero-order valence-electron chi connectivity index (χ0n) is 10.7. The van der Waals surface area contributed by atoms with Crippen molar-refractivity contribution in [2.24, 2.45) is 11.1 Å². The summed E-state index contributed by atoms with van der Waals surface area (Å²) in [5.41, 5.74) is 8.34. The number of nitrogens with zero attached hydrogens (tertiary/aromatic N) is 1. The van der Waals surface area contributed by atoms with Crippen LogP contribution in [0.15, 0.2) is 24.3 Å². The van der Waals surface area contributed by atoms with Gasteiger partial charge >= 0.3 is 0 Å². The van der Waals surface area contributed by atoms with Crippen LogP contribution in [0.3, 0.4) is 0 Å². The first-order chi connectivity index (χ1) is 8.75. The van der Waals surface area contributed by atoms with E-state index in [-0.39, 0.29) is 11.3 Å². The van der Waals surface area contributed by atoms with Crippen LogP contribution in [0.4, 0.5) is 0 Å². The van der Waals surface area contributed by atoms with Gasteiger partial charge in [-0.2, -0.15) is 0 Å². The molecule has 1 aromatic rings. The summed E-state index contributed by atoms with van der Waals surface area (Å²) in [5.74, 6) is 0.290. The van der Waals surface area contributed by atoms with Crippen LogP contribution in [-0.4, -0.2) is 30.4 Å². The van der Waals surface area contributed by atoms with Gasteiger partial charge in [-0.1, -0.05) is 24.3 Å². The predicted molar refractivity (Wildman–Crippen MR) is 71.2 cm³/mol.